The quantitative estimate of drug-likeness (QED) is 0.304. The molecule has 0 radical (unpaired) electrons. The maximum atomic E-state index is 13.9. The van der Waals surface area contributed by atoms with Crippen LogP contribution in [0, 0.1) is 5.82 Å². The number of hydrogen-bond donors (Lipinski definition) is 4. The zero-order chi connectivity index (χ0) is 24.5. The molecule has 0 spiro atoms. The summed E-state index contributed by atoms with van der Waals surface area (Å²) in [6.45, 7) is 0.320. The first-order valence-corrected chi connectivity index (χ1v) is 10.7. The van der Waals surface area contributed by atoms with Crippen molar-refractivity contribution in [3.05, 3.63) is 60.7 Å². The average Bonchev–Trinajstić information content (AvgIpc) is 3.43. The van der Waals surface area contributed by atoms with Gasteiger partial charge in [0.05, 0.1) is 24.8 Å². The van der Waals surface area contributed by atoms with Crippen LogP contribution in [-0.4, -0.2) is 71.0 Å². The van der Waals surface area contributed by atoms with Crippen LogP contribution in [0.4, 0.5) is 10.2 Å². The Morgan fingerprint density at radius 1 is 1.20 bits per heavy atom. The van der Waals surface area contributed by atoms with Crippen LogP contribution in [0.5, 0.6) is 0 Å². The van der Waals surface area contributed by atoms with Crippen LogP contribution in [0.2, 0.25) is 0 Å². The molecular formula is C22H21FN8O4. The second-order valence-corrected chi connectivity index (χ2v) is 7.83. The molecule has 1 aliphatic heterocycles. The number of carbonyl (C=O) groups is 1. The molecule has 0 aliphatic carbocycles. The van der Waals surface area contributed by atoms with Gasteiger partial charge in [0.25, 0.3) is 5.91 Å². The molecule has 0 saturated carbocycles. The molecule has 1 saturated heterocycles. The van der Waals surface area contributed by atoms with E-state index in [1.54, 1.807) is 12.3 Å². The number of amides is 1. The van der Waals surface area contributed by atoms with E-state index in [4.69, 9.17) is 4.74 Å². The third-order valence-electron chi connectivity index (χ3n) is 5.56. The van der Waals surface area contributed by atoms with Gasteiger partial charge in [0.2, 0.25) is 0 Å². The zero-order valence-corrected chi connectivity index (χ0v) is 18.4. The van der Waals surface area contributed by atoms with Crippen LogP contribution in [0.3, 0.4) is 0 Å². The molecule has 5 rings (SSSR count). The minimum Gasteiger partial charge on any atom is -0.387 e. The number of likely N-dealkylation sites (N-methyl/N-ethyl adjacent to an activating group) is 1. The van der Waals surface area contributed by atoms with E-state index in [1.165, 1.54) is 30.2 Å². The summed E-state index contributed by atoms with van der Waals surface area (Å²) in [6, 6.07) is 6.73. The lowest BCUT2D eigenvalue weighted by Gasteiger charge is -2.17. The third-order valence-corrected chi connectivity index (χ3v) is 5.56. The maximum absolute atomic E-state index is 13.9. The fraction of sp³-hybridized carbons (Fsp3) is 0.273. The number of aliphatic hydroxyl groups is 2. The van der Waals surface area contributed by atoms with Crippen LogP contribution in [0.15, 0.2) is 49.2 Å². The summed E-state index contributed by atoms with van der Waals surface area (Å²) in [7, 11) is 1.40. The highest BCUT2D eigenvalue weighted by Gasteiger charge is 2.47. The fourth-order valence-electron chi connectivity index (χ4n) is 3.81. The Balaban J connectivity index is 1.58. The topological polar surface area (TPSA) is 160 Å². The van der Waals surface area contributed by atoms with Gasteiger partial charge in [0, 0.05) is 25.0 Å². The lowest BCUT2D eigenvalue weighted by molar-refractivity contribution is -0.137. The minimum atomic E-state index is -1.46. The molecule has 4 aromatic heterocycles. The second-order valence-electron chi connectivity index (χ2n) is 7.83. The third kappa shape index (κ3) is 4.27. The lowest BCUT2D eigenvalue weighted by atomic mass is 10.1. The number of ether oxygens (including phenoxy) is 1. The van der Waals surface area contributed by atoms with Gasteiger partial charge in [-0.05, 0) is 18.2 Å². The maximum Gasteiger partial charge on any atom is 0.251 e. The molecule has 3 unspecified atom stereocenters. The Bertz CT molecular complexity index is 1370. The molecule has 13 heteroatoms. The lowest BCUT2D eigenvalue weighted by Crippen LogP contribution is -2.41. The first-order chi connectivity index (χ1) is 17.0. The smallest absolute Gasteiger partial charge is 0.251 e. The predicted molar refractivity (Wildman–Crippen MR) is 120 cm³/mol. The first-order valence-electron chi connectivity index (χ1n) is 10.7. The number of imidazole rings is 1. The number of anilines is 1. The van der Waals surface area contributed by atoms with Gasteiger partial charge in [-0.1, -0.05) is 6.07 Å². The van der Waals surface area contributed by atoms with Gasteiger partial charge in [-0.3, -0.25) is 19.3 Å². The van der Waals surface area contributed by atoms with E-state index in [0.29, 0.717) is 23.4 Å². The van der Waals surface area contributed by atoms with E-state index in [0.717, 1.165) is 11.9 Å². The standard InChI is InChI=1S/C22H21FN8O4/c1-24-21(34)17-15(32)16(33)22(35-17)31-10-28-14-19(27-9-13-4-2-3-5-26-13)29-18(30-20(14)31)11-6-12(23)8-25-7-11/h2-8,10,15-17,22,32-33H,9H2,1H3,(H,24,34)(H,27,29,30)/t15?,16?,17-,22?/m0/s1. The Morgan fingerprint density at radius 3 is 2.80 bits per heavy atom. The minimum absolute atomic E-state index is 0.144. The zero-order valence-electron chi connectivity index (χ0n) is 18.4. The SMILES string of the molecule is CNC(=O)[C@H]1OC(n2cnc3c(NCc4ccccn4)nc(-c4cncc(F)c4)nc32)C(O)C1O. The summed E-state index contributed by atoms with van der Waals surface area (Å²) >= 11 is 0. The summed E-state index contributed by atoms with van der Waals surface area (Å²) < 4.78 is 20.9. The number of halogens is 1. The molecule has 0 aromatic carbocycles. The van der Waals surface area contributed by atoms with Crippen LogP contribution in [0.25, 0.3) is 22.6 Å². The van der Waals surface area contributed by atoms with Gasteiger partial charge in [0.1, 0.15) is 18.0 Å². The molecule has 12 nitrogen and oxygen atoms in total. The molecular weight excluding hydrogens is 459 g/mol. The Morgan fingerprint density at radius 2 is 2.06 bits per heavy atom. The van der Waals surface area contributed by atoms with E-state index in [9.17, 15) is 19.4 Å². The van der Waals surface area contributed by atoms with Crippen molar-refractivity contribution in [3.8, 4) is 11.4 Å². The molecule has 1 amide bonds. The number of hydrogen-bond acceptors (Lipinski definition) is 10. The van der Waals surface area contributed by atoms with Crippen molar-refractivity contribution in [1.29, 1.82) is 0 Å². The van der Waals surface area contributed by atoms with Gasteiger partial charge in [-0.25, -0.2) is 19.3 Å². The normalized spacial score (nSPS) is 21.8. The van der Waals surface area contributed by atoms with Crippen molar-refractivity contribution >= 4 is 22.9 Å². The van der Waals surface area contributed by atoms with E-state index >= 15 is 0 Å². The van der Waals surface area contributed by atoms with Gasteiger partial charge < -0.3 is 25.6 Å². The van der Waals surface area contributed by atoms with E-state index in [-0.39, 0.29) is 11.5 Å². The molecule has 4 N–H and O–H groups in total. The van der Waals surface area contributed by atoms with E-state index in [2.05, 4.69) is 35.6 Å². The summed E-state index contributed by atoms with van der Waals surface area (Å²) in [5.74, 6) is -0.670. The van der Waals surface area contributed by atoms with Gasteiger partial charge in [0.15, 0.2) is 35.1 Å². The van der Waals surface area contributed by atoms with Gasteiger partial charge in [-0.15, -0.1) is 0 Å². The monoisotopic (exact) mass is 480 g/mol. The highest BCUT2D eigenvalue weighted by atomic mass is 19.1. The van der Waals surface area contributed by atoms with Crippen molar-refractivity contribution < 1.29 is 24.1 Å². The molecule has 4 atom stereocenters. The van der Waals surface area contributed by atoms with Crippen LogP contribution >= 0.6 is 0 Å². The van der Waals surface area contributed by atoms with Gasteiger partial charge >= 0.3 is 0 Å². The number of aliphatic hydroxyl groups excluding tert-OH is 2. The van der Waals surface area contributed by atoms with E-state index < -0.39 is 36.3 Å². The molecule has 1 aliphatic rings. The fourth-order valence-corrected chi connectivity index (χ4v) is 3.81. The van der Waals surface area contributed by atoms with Crippen molar-refractivity contribution in [1.82, 2.24) is 34.8 Å². The average molecular weight is 480 g/mol. The number of carbonyl (C=O) groups excluding carboxylic acids is 1. The molecule has 0 bridgehead atoms. The Hall–Kier alpha value is -4.07. The molecule has 35 heavy (non-hydrogen) atoms. The number of nitrogens with one attached hydrogen (secondary N) is 2. The number of rotatable bonds is 6. The number of pyridine rings is 2. The molecule has 1 fully saturated rings. The van der Waals surface area contributed by atoms with Crippen molar-refractivity contribution in [2.24, 2.45) is 0 Å². The summed E-state index contributed by atoms with van der Waals surface area (Å²) in [4.78, 5) is 33.6. The Kier molecular flexibility index (Phi) is 6.03. The summed E-state index contributed by atoms with van der Waals surface area (Å²) in [5, 5.41) is 26.5. The first kappa shape index (κ1) is 22.7. The highest BCUT2D eigenvalue weighted by Crippen LogP contribution is 2.33. The molecule has 4 aromatic rings. The van der Waals surface area contributed by atoms with Crippen molar-refractivity contribution in [3.63, 3.8) is 0 Å². The second kappa shape index (κ2) is 9.29. The van der Waals surface area contributed by atoms with Crippen molar-refractivity contribution in [2.75, 3.05) is 12.4 Å². The number of nitrogens with zero attached hydrogens (tertiary/aromatic N) is 6. The highest BCUT2D eigenvalue weighted by molar-refractivity contribution is 5.85. The van der Waals surface area contributed by atoms with Crippen LogP contribution in [-0.2, 0) is 16.1 Å². The predicted octanol–water partition coefficient (Wildman–Crippen LogP) is 0.400. The summed E-state index contributed by atoms with van der Waals surface area (Å²) in [5.41, 5.74) is 1.63. The van der Waals surface area contributed by atoms with Crippen LogP contribution in [0.1, 0.15) is 11.9 Å². The van der Waals surface area contributed by atoms with Crippen LogP contribution < -0.4 is 10.6 Å². The molecule has 180 valence electrons. The Labute approximate surface area is 197 Å². The van der Waals surface area contributed by atoms with Crippen molar-refractivity contribution in [2.45, 2.75) is 31.1 Å². The van der Waals surface area contributed by atoms with E-state index in [1.807, 2.05) is 12.1 Å². The summed E-state index contributed by atoms with van der Waals surface area (Å²) in [6.07, 6.45) is 0.170. The number of fused-ring (bicyclic) bond motifs is 1. The van der Waals surface area contributed by atoms with Gasteiger partial charge in [-0.2, -0.15) is 0 Å². The largest absolute Gasteiger partial charge is 0.387 e. The number of aromatic nitrogens is 6. The molecule has 5 heterocycles.